The number of rotatable bonds is 6. The van der Waals surface area contributed by atoms with Gasteiger partial charge in [-0.25, -0.2) is 0 Å². The second-order valence-corrected chi connectivity index (χ2v) is 8.40. The zero-order valence-corrected chi connectivity index (χ0v) is 17.0. The van der Waals surface area contributed by atoms with E-state index in [-0.39, 0.29) is 0 Å². The van der Waals surface area contributed by atoms with Crippen LogP contribution in [0.1, 0.15) is 24.5 Å². The molecule has 0 fully saturated rings. The van der Waals surface area contributed by atoms with Gasteiger partial charge in [-0.15, -0.1) is 10.2 Å². The van der Waals surface area contributed by atoms with Gasteiger partial charge in [-0.3, -0.25) is 5.10 Å². The maximum absolute atomic E-state index is 6.06. The van der Waals surface area contributed by atoms with E-state index in [9.17, 15) is 0 Å². The van der Waals surface area contributed by atoms with Crippen LogP contribution in [0.25, 0.3) is 27.3 Å². The highest BCUT2D eigenvalue weighted by Gasteiger charge is 2.16. The summed E-state index contributed by atoms with van der Waals surface area (Å²) in [6.07, 6.45) is 0.941. The van der Waals surface area contributed by atoms with Crippen LogP contribution in [0.2, 0.25) is 0 Å². The van der Waals surface area contributed by atoms with Gasteiger partial charge in [0.1, 0.15) is 18.1 Å². The lowest BCUT2D eigenvalue weighted by Crippen LogP contribution is -1.98. The van der Waals surface area contributed by atoms with Crippen LogP contribution in [0.3, 0.4) is 0 Å². The first-order chi connectivity index (χ1) is 14.2. The number of hydrogen-bond acceptors (Lipinski definition) is 6. The Kier molecular flexibility index (Phi) is 4.48. The molecule has 0 atom stereocenters. The minimum absolute atomic E-state index is 0.376. The van der Waals surface area contributed by atoms with Gasteiger partial charge in [0.15, 0.2) is 5.01 Å². The smallest absolute Gasteiger partial charge is 0.235 e. The number of aromatic nitrogens is 6. The summed E-state index contributed by atoms with van der Waals surface area (Å²) in [4.78, 5) is 0.727. The molecular formula is C21H20N6OS. The normalized spacial score (nSPS) is 11.7. The van der Waals surface area contributed by atoms with Crippen molar-refractivity contribution in [3.63, 3.8) is 0 Å². The zero-order chi connectivity index (χ0) is 19.8. The summed E-state index contributed by atoms with van der Waals surface area (Å²) in [6, 6.07) is 16.3. The molecule has 0 amide bonds. The van der Waals surface area contributed by atoms with E-state index in [0.717, 1.165) is 44.3 Å². The maximum Gasteiger partial charge on any atom is 0.235 e. The summed E-state index contributed by atoms with van der Waals surface area (Å²) in [7, 11) is 0. The molecule has 5 rings (SSSR count). The predicted octanol–water partition coefficient (Wildman–Crippen LogP) is 4.51. The fourth-order valence-corrected chi connectivity index (χ4v) is 4.10. The number of benzene rings is 2. The average molecular weight is 404 g/mol. The maximum atomic E-state index is 6.06. The standard InChI is InChI=1S/C21H20N6OS/c1-13(2)10-15-11-17(23-22-15)20-24-25-21-27(20)26-19(29-21)12-28-18-9-5-7-14-6-3-4-8-16(14)18/h3-9,11,13H,10,12H2,1-2H3,(H,22,23). The molecule has 0 aliphatic carbocycles. The van der Waals surface area contributed by atoms with Crippen LogP contribution in [-0.4, -0.2) is 30.0 Å². The molecule has 0 aliphatic rings. The summed E-state index contributed by atoms with van der Waals surface area (Å²) in [5.41, 5.74) is 1.83. The predicted molar refractivity (Wildman–Crippen MR) is 113 cm³/mol. The van der Waals surface area contributed by atoms with E-state index in [2.05, 4.69) is 57.5 Å². The van der Waals surface area contributed by atoms with E-state index in [4.69, 9.17) is 4.74 Å². The monoisotopic (exact) mass is 404 g/mol. The first kappa shape index (κ1) is 17.8. The Hall–Kier alpha value is -3.26. The SMILES string of the molecule is CC(C)Cc1cc(-c2nnc3sc(COc4cccc5ccccc45)nn23)n[nH]1. The largest absolute Gasteiger partial charge is 0.486 e. The van der Waals surface area contributed by atoms with Crippen LogP contribution in [0.15, 0.2) is 48.5 Å². The second kappa shape index (κ2) is 7.29. The minimum atomic E-state index is 0.376. The second-order valence-electron chi connectivity index (χ2n) is 7.36. The third kappa shape index (κ3) is 3.47. The van der Waals surface area contributed by atoms with Crippen molar-refractivity contribution in [2.24, 2.45) is 5.92 Å². The molecule has 0 spiro atoms. The molecule has 0 bridgehead atoms. The molecule has 0 aliphatic heterocycles. The minimum Gasteiger partial charge on any atom is -0.486 e. The van der Waals surface area contributed by atoms with Gasteiger partial charge in [-0.1, -0.05) is 61.6 Å². The van der Waals surface area contributed by atoms with Crippen molar-refractivity contribution in [3.8, 4) is 17.3 Å². The molecule has 8 heteroatoms. The van der Waals surface area contributed by atoms with Crippen molar-refractivity contribution in [3.05, 3.63) is 59.2 Å². The van der Waals surface area contributed by atoms with Crippen LogP contribution >= 0.6 is 11.3 Å². The highest BCUT2D eigenvalue weighted by molar-refractivity contribution is 7.16. The summed E-state index contributed by atoms with van der Waals surface area (Å²) < 4.78 is 7.80. The van der Waals surface area contributed by atoms with E-state index >= 15 is 0 Å². The van der Waals surface area contributed by atoms with E-state index in [1.165, 1.54) is 11.3 Å². The summed E-state index contributed by atoms with van der Waals surface area (Å²) in [5.74, 6) is 2.04. The molecule has 146 valence electrons. The highest BCUT2D eigenvalue weighted by Crippen LogP contribution is 2.27. The first-order valence-electron chi connectivity index (χ1n) is 9.54. The number of fused-ring (bicyclic) bond motifs is 2. The molecule has 0 saturated carbocycles. The molecule has 1 N–H and O–H groups in total. The average Bonchev–Trinajstić information content (AvgIpc) is 3.41. The van der Waals surface area contributed by atoms with Crippen LogP contribution in [0.5, 0.6) is 5.75 Å². The Bertz CT molecular complexity index is 1280. The van der Waals surface area contributed by atoms with Gasteiger partial charge in [0, 0.05) is 11.1 Å². The third-order valence-electron chi connectivity index (χ3n) is 4.62. The summed E-state index contributed by atoms with van der Waals surface area (Å²) in [6.45, 7) is 4.73. The van der Waals surface area contributed by atoms with E-state index < -0.39 is 0 Å². The van der Waals surface area contributed by atoms with E-state index in [1.54, 1.807) is 4.52 Å². The fourth-order valence-electron chi connectivity index (χ4n) is 3.36. The van der Waals surface area contributed by atoms with Crippen molar-refractivity contribution >= 4 is 27.1 Å². The quantitative estimate of drug-likeness (QED) is 0.450. The zero-order valence-electron chi connectivity index (χ0n) is 16.2. The lowest BCUT2D eigenvalue weighted by Gasteiger charge is -2.07. The molecule has 29 heavy (non-hydrogen) atoms. The van der Waals surface area contributed by atoms with Gasteiger partial charge in [0.2, 0.25) is 10.8 Å². The molecule has 2 aromatic carbocycles. The van der Waals surface area contributed by atoms with Gasteiger partial charge in [-0.2, -0.15) is 14.7 Å². The molecule has 7 nitrogen and oxygen atoms in total. The number of hydrogen-bond donors (Lipinski definition) is 1. The van der Waals surface area contributed by atoms with Crippen molar-refractivity contribution < 1.29 is 4.74 Å². The number of nitrogens with one attached hydrogen (secondary N) is 1. The molecule has 3 heterocycles. The number of aromatic amines is 1. The van der Waals surface area contributed by atoms with E-state index in [0.29, 0.717) is 18.3 Å². The summed E-state index contributed by atoms with van der Waals surface area (Å²) in [5, 5.41) is 23.7. The Morgan fingerprint density at radius 1 is 1.10 bits per heavy atom. The summed E-state index contributed by atoms with van der Waals surface area (Å²) >= 11 is 1.47. The lowest BCUT2D eigenvalue weighted by atomic mass is 10.1. The van der Waals surface area contributed by atoms with Gasteiger partial charge in [-0.05, 0) is 29.9 Å². The van der Waals surface area contributed by atoms with E-state index in [1.807, 2.05) is 30.3 Å². The Morgan fingerprint density at radius 3 is 2.86 bits per heavy atom. The number of H-pyrrole nitrogens is 1. The highest BCUT2D eigenvalue weighted by atomic mass is 32.1. The molecule has 3 aromatic heterocycles. The third-order valence-corrected chi connectivity index (χ3v) is 5.49. The first-order valence-corrected chi connectivity index (χ1v) is 10.4. The Balaban J connectivity index is 1.39. The van der Waals surface area contributed by atoms with Gasteiger partial charge >= 0.3 is 0 Å². The van der Waals surface area contributed by atoms with Crippen LogP contribution in [0, 0.1) is 5.92 Å². The number of ether oxygens (including phenoxy) is 1. The van der Waals surface area contributed by atoms with Crippen molar-refractivity contribution in [2.75, 3.05) is 0 Å². The van der Waals surface area contributed by atoms with Crippen molar-refractivity contribution in [1.82, 2.24) is 30.0 Å². The Labute approximate surface area is 171 Å². The van der Waals surface area contributed by atoms with Crippen LogP contribution in [-0.2, 0) is 13.0 Å². The Morgan fingerprint density at radius 2 is 1.97 bits per heavy atom. The number of nitrogens with zero attached hydrogens (tertiary/aromatic N) is 5. The topological polar surface area (TPSA) is 81.0 Å². The molecule has 5 aromatic rings. The van der Waals surface area contributed by atoms with Crippen LogP contribution in [0.4, 0.5) is 0 Å². The van der Waals surface area contributed by atoms with Gasteiger partial charge in [0.05, 0.1) is 0 Å². The molecule has 0 radical (unpaired) electrons. The van der Waals surface area contributed by atoms with Crippen molar-refractivity contribution in [2.45, 2.75) is 26.9 Å². The molecular weight excluding hydrogens is 384 g/mol. The van der Waals surface area contributed by atoms with Gasteiger partial charge < -0.3 is 4.74 Å². The van der Waals surface area contributed by atoms with Gasteiger partial charge in [0.25, 0.3) is 0 Å². The molecule has 0 unspecified atom stereocenters. The lowest BCUT2D eigenvalue weighted by molar-refractivity contribution is 0.308. The van der Waals surface area contributed by atoms with Crippen molar-refractivity contribution in [1.29, 1.82) is 0 Å². The molecule has 0 saturated heterocycles. The van der Waals surface area contributed by atoms with Crippen LogP contribution < -0.4 is 4.74 Å². The fraction of sp³-hybridized carbons (Fsp3) is 0.238.